The minimum atomic E-state index is -0.421. The quantitative estimate of drug-likeness (QED) is 0.634. The van der Waals surface area contributed by atoms with Crippen molar-refractivity contribution in [3.8, 4) is 0 Å². The van der Waals surface area contributed by atoms with Crippen molar-refractivity contribution in [1.29, 1.82) is 0 Å². The third kappa shape index (κ3) is 2.41. The first-order valence-electron chi connectivity index (χ1n) is 7.05. The Morgan fingerprint density at radius 2 is 1.84 bits per heavy atom. The zero-order valence-electron chi connectivity index (χ0n) is 11.0. The smallest absolute Gasteiger partial charge is 0.312 e. The third-order valence-electron chi connectivity index (χ3n) is 5.00. The molecule has 1 amide bonds. The molecule has 4 nitrogen and oxygen atoms in total. The minimum Gasteiger partial charge on any atom is -0.465 e. The summed E-state index contributed by atoms with van der Waals surface area (Å²) in [5.41, 5.74) is 4.77. The highest BCUT2D eigenvalue weighted by atomic mass is 79.9. The maximum absolute atomic E-state index is 12.4. The molecule has 0 aromatic heterocycles. The van der Waals surface area contributed by atoms with Crippen LogP contribution < -0.4 is 5.73 Å². The standard InChI is InChI=1S/C14H20BrNO3/c15-14-6-9-3-10(7-14)5-13(4-9,8-14)12(18)19-2-1-11(16)17/h9-10H,1-8H2,(H2,16,17). The number of amides is 1. The number of ether oxygens (including phenoxy) is 1. The van der Waals surface area contributed by atoms with Crippen LogP contribution in [0.3, 0.4) is 0 Å². The number of halogens is 1. The molecule has 0 aromatic carbocycles. The van der Waals surface area contributed by atoms with E-state index in [9.17, 15) is 9.59 Å². The predicted molar refractivity (Wildman–Crippen MR) is 73.5 cm³/mol. The number of carbonyl (C=O) groups is 2. The highest BCUT2D eigenvalue weighted by Crippen LogP contribution is 2.64. The number of primary amides is 1. The van der Waals surface area contributed by atoms with Crippen LogP contribution in [0.15, 0.2) is 0 Å². The molecular formula is C14H20BrNO3. The molecular weight excluding hydrogens is 310 g/mol. The molecule has 0 saturated heterocycles. The molecule has 0 aliphatic heterocycles. The van der Waals surface area contributed by atoms with E-state index in [1.165, 1.54) is 19.3 Å². The number of nitrogens with two attached hydrogens (primary N) is 1. The van der Waals surface area contributed by atoms with Crippen LogP contribution in [-0.4, -0.2) is 22.8 Å². The van der Waals surface area contributed by atoms with E-state index in [2.05, 4.69) is 15.9 Å². The summed E-state index contributed by atoms with van der Waals surface area (Å²) in [4.78, 5) is 23.1. The normalized spacial score (nSPS) is 43.2. The summed E-state index contributed by atoms with van der Waals surface area (Å²) >= 11 is 3.87. The Kier molecular flexibility index (Phi) is 3.15. The molecule has 5 heteroatoms. The molecule has 0 radical (unpaired) electrons. The molecule has 4 saturated carbocycles. The molecule has 2 N–H and O–H groups in total. The van der Waals surface area contributed by atoms with Gasteiger partial charge in [0.05, 0.1) is 11.8 Å². The zero-order chi connectivity index (χ0) is 13.7. The summed E-state index contributed by atoms with van der Waals surface area (Å²) in [6, 6.07) is 0. The van der Waals surface area contributed by atoms with E-state index in [1.54, 1.807) is 0 Å². The first kappa shape index (κ1) is 13.4. The van der Waals surface area contributed by atoms with Gasteiger partial charge in [-0.3, -0.25) is 9.59 Å². The maximum atomic E-state index is 12.4. The van der Waals surface area contributed by atoms with Crippen molar-refractivity contribution < 1.29 is 14.3 Å². The van der Waals surface area contributed by atoms with Gasteiger partial charge in [-0.1, -0.05) is 15.9 Å². The van der Waals surface area contributed by atoms with Gasteiger partial charge >= 0.3 is 5.97 Å². The van der Waals surface area contributed by atoms with Crippen LogP contribution in [0.25, 0.3) is 0 Å². The summed E-state index contributed by atoms with van der Waals surface area (Å²) in [7, 11) is 0. The van der Waals surface area contributed by atoms with Gasteiger partial charge in [0.1, 0.15) is 6.61 Å². The van der Waals surface area contributed by atoms with Crippen molar-refractivity contribution in [3.63, 3.8) is 0 Å². The summed E-state index contributed by atoms with van der Waals surface area (Å²) in [5, 5.41) is 0. The summed E-state index contributed by atoms with van der Waals surface area (Å²) in [6.45, 7) is 0.126. The fourth-order valence-electron chi connectivity index (χ4n) is 4.79. The summed E-state index contributed by atoms with van der Waals surface area (Å²) < 4.78 is 5.47. The van der Waals surface area contributed by atoms with Gasteiger partial charge in [0.25, 0.3) is 0 Å². The van der Waals surface area contributed by atoms with Gasteiger partial charge in [-0.05, 0) is 50.4 Å². The van der Waals surface area contributed by atoms with E-state index in [1.807, 2.05) is 0 Å². The van der Waals surface area contributed by atoms with E-state index < -0.39 is 5.91 Å². The van der Waals surface area contributed by atoms with E-state index in [-0.39, 0.29) is 28.7 Å². The second kappa shape index (κ2) is 4.47. The molecule has 4 rings (SSSR count). The average Bonchev–Trinajstić information content (AvgIpc) is 2.24. The molecule has 2 atom stereocenters. The van der Waals surface area contributed by atoms with E-state index in [0.717, 1.165) is 19.3 Å². The first-order valence-corrected chi connectivity index (χ1v) is 7.85. The van der Waals surface area contributed by atoms with E-state index in [0.29, 0.717) is 11.8 Å². The van der Waals surface area contributed by atoms with Crippen LogP contribution >= 0.6 is 15.9 Å². The molecule has 0 heterocycles. The van der Waals surface area contributed by atoms with Crippen molar-refractivity contribution in [2.45, 2.75) is 49.3 Å². The van der Waals surface area contributed by atoms with Crippen LogP contribution in [0.2, 0.25) is 0 Å². The van der Waals surface area contributed by atoms with Gasteiger partial charge in [-0.25, -0.2) is 0 Å². The lowest BCUT2D eigenvalue weighted by Crippen LogP contribution is -2.56. The number of esters is 1. The topological polar surface area (TPSA) is 69.4 Å². The lowest BCUT2D eigenvalue weighted by molar-refractivity contribution is -0.169. The number of rotatable bonds is 4. The highest BCUT2D eigenvalue weighted by Gasteiger charge is 2.60. The molecule has 4 aliphatic carbocycles. The Balaban J connectivity index is 1.69. The van der Waals surface area contributed by atoms with Crippen molar-refractivity contribution >= 4 is 27.8 Å². The van der Waals surface area contributed by atoms with Crippen LogP contribution in [0, 0.1) is 17.3 Å². The second-order valence-corrected chi connectivity index (χ2v) is 8.43. The Morgan fingerprint density at radius 3 is 2.37 bits per heavy atom. The molecule has 4 fully saturated rings. The minimum absolute atomic E-state index is 0.105. The average molecular weight is 330 g/mol. The number of hydrogen-bond acceptors (Lipinski definition) is 3. The van der Waals surface area contributed by atoms with Gasteiger partial charge < -0.3 is 10.5 Å². The Labute approximate surface area is 121 Å². The molecule has 4 bridgehead atoms. The van der Waals surface area contributed by atoms with Crippen molar-refractivity contribution in [1.82, 2.24) is 0 Å². The lowest BCUT2D eigenvalue weighted by Gasteiger charge is -2.58. The third-order valence-corrected chi connectivity index (χ3v) is 5.93. The summed E-state index contributed by atoms with van der Waals surface area (Å²) in [5.74, 6) is 0.788. The molecule has 2 unspecified atom stereocenters. The molecule has 4 aliphatic rings. The number of carbonyl (C=O) groups excluding carboxylic acids is 2. The van der Waals surface area contributed by atoms with E-state index in [4.69, 9.17) is 10.5 Å². The zero-order valence-corrected chi connectivity index (χ0v) is 12.6. The fraction of sp³-hybridized carbons (Fsp3) is 0.857. The van der Waals surface area contributed by atoms with Gasteiger partial charge in [0, 0.05) is 4.32 Å². The highest BCUT2D eigenvalue weighted by molar-refractivity contribution is 9.10. The van der Waals surface area contributed by atoms with Crippen LogP contribution in [0.4, 0.5) is 0 Å². The molecule has 0 spiro atoms. The Hall–Kier alpha value is -0.580. The van der Waals surface area contributed by atoms with Crippen LogP contribution in [-0.2, 0) is 14.3 Å². The van der Waals surface area contributed by atoms with Gasteiger partial charge in [0.2, 0.25) is 5.91 Å². The molecule has 106 valence electrons. The van der Waals surface area contributed by atoms with Crippen LogP contribution in [0.1, 0.15) is 44.9 Å². The van der Waals surface area contributed by atoms with Crippen molar-refractivity contribution in [2.24, 2.45) is 23.0 Å². The Morgan fingerprint density at radius 1 is 1.21 bits per heavy atom. The monoisotopic (exact) mass is 329 g/mol. The predicted octanol–water partition coefficient (Wildman–Crippen LogP) is 2.14. The largest absolute Gasteiger partial charge is 0.465 e. The van der Waals surface area contributed by atoms with Crippen LogP contribution in [0.5, 0.6) is 0 Å². The van der Waals surface area contributed by atoms with Gasteiger partial charge in [-0.15, -0.1) is 0 Å². The lowest BCUT2D eigenvalue weighted by atomic mass is 9.49. The first-order chi connectivity index (χ1) is 8.91. The summed E-state index contributed by atoms with van der Waals surface area (Å²) in [6.07, 6.45) is 6.60. The second-order valence-electron chi connectivity index (χ2n) is 6.74. The Bertz CT molecular complexity index is 409. The fourth-order valence-corrected chi connectivity index (χ4v) is 6.24. The van der Waals surface area contributed by atoms with E-state index >= 15 is 0 Å². The van der Waals surface area contributed by atoms with Crippen molar-refractivity contribution in [3.05, 3.63) is 0 Å². The number of hydrogen-bond donors (Lipinski definition) is 1. The molecule has 0 aromatic rings. The molecule has 19 heavy (non-hydrogen) atoms. The number of alkyl halides is 1. The maximum Gasteiger partial charge on any atom is 0.312 e. The van der Waals surface area contributed by atoms with Gasteiger partial charge in [-0.2, -0.15) is 0 Å². The van der Waals surface area contributed by atoms with Crippen molar-refractivity contribution in [2.75, 3.05) is 6.61 Å². The SMILES string of the molecule is NC(=O)CCOC(=O)C12CC3CC(CC(Br)(C3)C1)C2. The van der Waals surface area contributed by atoms with Gasteiger partial charge in [0.15, 0.2) is 0 Å².